The maximum atomic E-state index is 6.15. The molecule has 1 aliphatic heterocycles. The number of hydrogen-bond donors (Lipinski definition) is 1. The Kier molecular flexibility index (Phi) is 3.31. The van der Waals surface area contributed by atoms with Gasteiger partial charge in [0.2, 0.25) is 0 Å². The average molecular weight is 366 g/mol. The summed E-state index contributed by atoms with van der Waals surface area (Å²) in [5.41, 5.74) is 8.92. The first-order valence-electron chi connectivity index (χ1n) is 8.90. The predicted molar refractivity (Wildman–Crippen MR) is 105 cm³/mol. The Morgan fingerprint density at radius 2 is 2.15 bits per heavy atom. The van der Waals surface area contributed by atoms with Crippen molar-refractivity contribution in [3.05, 3.63) is 65.3 Å². The van der Waals surface area contributed by atoms with Crippen molar-refractivity contribution in [3.63, 3.8) is 0 Å². The lowest BCUT2D eigenvalue weighted by molar-refractivity contribution is 0.301. The molecule has 1 spiro atoms. The molecular formula is C20H20ClN5. The van der Waals surface area contributed by atoms with Crippen LogP contribution in [-0.2, 0) is 12.0 Å². The molecule has 1 aromatic carbocycles. The minimum absolute atomic E-state index is 0.0953. The second-order valence-corrected chi connectivity index (χ2v) is 7.52. The highest BCUT2D eigenvalue weighted by Gasteiger charge is 2.50. The Morgan fingerprint density at radius 1 is 1.31 bits per heavy atom. The molecule has 0 bridgehead atoms. The lowest BCUT2D eigenvalue weighted by atomic mass is 9.64. The van der Waals surface area contributed by atoms with Crippen molar-refractivity contribution in [2.24, 2.45) is 0 Å². The zero-order chi connectivity index (χ0) is 17.9. The van der Waals surface area contributed by atoms with E-state index < -0.39 is 0 Å². The number of anilines is 1. The van der Waals surface area contributed by atoms with Crippen molar-refractivity contribution in [1.82, 2.24) is 14.6 Å². The zero-order valence-corrected chi connectivity index (χ0v) is 15.4. The fraction of sp³-hybridized carbons (Fsp3) is 0.300. The SMILES string of the molecule is C=C1N(Cc2nc3cc(Cl)ccc3n2NC)c2cnccc2C12CCC2. The summed E-state index contributed by atoms with van der Waals surface area (Å²) in [6, 6.07) is 7.93. The Labute approximate surface area is 157 Å². The molecule has 3 heterocycles. The molecule has 0 unspecified atom stereocenters. The second kappa shape index (κ2) is 5.48. The minimum Gasteiger partial charge on any atom is -0.336 e. The molecule has 3 aromatic rings. The van der Waals surface area contributed by atoms with E-state index in [9.17, 15) is 0 Å². The monoisotopic (exact) mass is 365 g/mol. The number of hydrogen-bond acceptors (Lipinski definition) is 4. The van der Waals surface area contributed by atoms with E-state index in [1.54, 1.807) is 0 Å². The van der Waals surface area contributed by atoms with E-state index in [0.29, 0.717) is 11.6 Å². The van der Waals surface area contributed by atoms with Gasteiger partial charge in [0.15, 0.2) is 0 Å². The van der Waals surface area contributed by atoms with Gasteiger partial charge in [-0.05, 0) is 42.7 Å². The quantitative estimate of drug-likeness (QED) is 0.755. The molecule has 1 N–H and O–H groups in total. The van der Waals surface area contributed by atoms with Gasteiger partial charge in [0.1, 0.15) is 5.82 Å². The van der Waals surface area contributed by atoms with Gasteiger partial charge < -0.3 is 10.3 Å². The topological polar surface area (TPSA) is 46.0 Å². The van der Waals surface area contributed by atoms with Crippen LogP contribution in [0.3, 0.4) is 0 Å². The number of aromatic nitrogens is 3. The molecule has 26 heavy (non-hydrogen) atoms. The van der Waals surface area contributed by atoms with E-state index in [1.165, 1.54) is 17.7 Å². The van der Waals surface area contributed by atoms with Gasteiger partial charge in [-0.1, -0.05) is 24.6 Å². The molecule has 1 saturated carbocycles. The van der Waals surface area contributed by atoms with Gasteiger partial charge in [-0.25, -0.2) is 9.66 Å². The molecular weight excluding hydrogens is 346 g/mol. The highest BCUT2D eigenvalue weighted by atomic mass is 35.5. The molecule has 6 heteroatoms. The first kappa shape index (κ1) is 15.7. The van der Waals surface area contributed by atoms with Gasteiger partial charge in [0, 0.05) is 29.4 Å². The number of fused-ring (bicyclic) bond motifs is 3. The third-order valence-corrected chi connectivity index (χ3v) is 6.14. The number of allylic oxidation sites excluding steroid dienone is 1. The zero-order valence-electron chi connectivity index (χ0n) is 14.7. The lowest BCUT2D eigenvalue weighted by Crippen LogP contribution is -2.37. The van der Waals surface area contributed by atoms with Crippen LogP contribution < -0.4 is 10.3 Å². The molecule has 0 radical (unpaired) electrons. The van der Waals surface area contributed by atoms with E-state index in [2.05, 4.69) is 28.0 Å². The summed E-state index contributed by atoms with van der Waals surface area (Å²) < 4.78 is 2.01. The molecule has 1 fully saturated rings. The molecule has 5 rings (SSSR count). The van der Waals surface area contributed by atoms with Gasteiger partial charge in [-0.3, -0.25) is 4.98 Å². The van der Waals surface area contributed by atoms with Gasteiger partial charge in [-0.2, -0.15) is 0 Å². The molecule has 1 aliphatic carbocycles. The average Bonchev–Trinajstić information content (AvgIpc) is 3.07. The lowest BCUT2D eigenvalue weighted by Gasteiger charge is -2.40. The van der Waals surface area contributed by atoms with Gasteiger partial charge in [0.05, 0.1) is 29.5 Å². The van der Waals surface area contributed by atoms with Crippen LogP contribution in [0, 0.1) is 0 Å². The fourth-order valence-corrected chi connectivity index (χ4v) is 4.60. The second-order valence-electron chi connectivity index (χ2n) is 7.08. The maximum Gasteiger partial charge on any atom is 0.148 e. The van der Waals surface area contributed by atoms with Crippen molar-refractivity contribution in [2.45, 2.75) is 31.2 Å². The minimum atomic E-state index is 0.0953. The Morgan fingerprint density at radius 3 is 2.88 bits per heavy atom. The van der Waals surface area contributed by atoms with E-state index >= 15 is 0 Å². The molecule has 5 nitrogen and oxygen atoms in total. The summed E-state index contributed by atoms with van der Waals surface area (Å²) in [4.78, 5) is 11.5. The van der Waals surface area contributed by atoms with Crippen LogP contribution in [-0.4, -0.2) is 21.7 Å². The van der Waals surface area contributed by atoms with E-state index in [4.69, 9.17) is 16.6 Å². The van der Waals surface area contributed by atoms with Crippen molar-refractivity contribution in [3.8, 4) is 0 Å². The third kappa shape index (κ3) is 1.98. The molecule has 0 amide bonds. The first-order valence-corrected chi connectivity index (χ1v) is 9.28. The van der Waals surface area contributed by atoms with Crippen molar-refractivity contribution in [2.75, 3.05) is 17.4 Å². The van der Waals surface area contributed by atoms with Crippen LogP contribution in [0.2, 0.25) is 5.02 Å². The first-order chi connectivity index (χ1) is 12.6. The summed E-state index contributed by atoms with van der Waals surface area (Å²) >= 11 is 6.15. The van der Waals surface area contributed by atoms with Crippen molar-refractivity contribution >= 4 is 28.3 Å². The van der Waals surface area contributed by atoms with E-state index in [1.807, 2.05) is 42.3 Å². The van der Waals surface area contributed by atoms with Crippen LogP contribution in [0.25, 0.3) is 11.0 Å². The molecule has 2 aliphatic rings. The summed E-state index contributed by atoms with van der Waals surface area (Å²) in [7, 11) is 1.90. The normalized spacial score (nSPS) is 17.6. The predicted octanol–water partition coefficient (Wildman–Crippen LogP) is 4.21. The van der Waals surface area contributed by atoms with Crippen LogP contribution >= 0.6 is 11.6 Å². The number of pyridine rings is 1. The van der Waals surface area contributed by atoms with E-state index in [-0.39, 0.29) is 5.41 Å². The fourth-order valence-electron chi connectivity index (χ4n) is 4.43. The van der Waals surface area contributed by atoms with Crippen LogP contribution in [0.4, 0.5) is 5.69 Å². The number of nitrogens with zero attached hydrogens (tertiary/aromatic N) is 4. The smallest absolute Gasteiger partial charge is 0.148 e. The number of benzene rings is 1. The van der Waals surface area contributed by atoms with Crippen LogP contribution in [0.1, 0.15) is 30.7 Å². The number of imidazole rings is 1. The van der Waals surface area contributed by atoms with Gasteiger partial charge >= 0.3 is 0 Å². The molecule has 0 atom stereocenters. The Hall–Kier alpha value is -2.53. The third-order valence-electron chi connectivity index (χ3n) is 5.90. The van der Waals surface area contributed by atoms with Crippen molar-refractivity contribution < 1.29 is 0 Å². The van der Waals surface area contributed by atoms with E-state index in [0.717, 1.165) is 35.4 Å². The van der Waals surface area contributed by atoms with Gasteiger partial charge in [-0.15, -0.1) is 0 Å². The summed E-state index contributed by atoms with van der Waals surface area (Å²) in [5.74, 6) is 0.928. The highest BCUT2D eigenvalue weighted by molar-refractivity contribution is 6.31. The summed E-state index contributed by atoms with van der Waals surface area (Å²) in [6.07, 6.45) is 7.42. The standard InChI is InChI=1S/C20H20ClN5/c1-13-20(7-3-8-20)15-6-9-23-11-18(15)25(13)12-19-24-16-10-14(21)4-5-17(16)26(19)22-2/h4-6,9-11,22H,1,3,7-8,12H2,2H3. The van der Waals surface area contributed by atoms with Crippen molar-refractivity contribution in [1.29, 1.82) is 0 Å². The Bertz CT molecular complexity index is 1030. The largest absolute Gasteiger partial charge is 0.336 e. The molecule has 0 saturated heterocycles. The number of rotatable bonds is 3. The summed E-state index contributed by atoms with van der Waals surface area (Å²) in [6.45, 7) is 5.11. The van der Waals surface area contributed by atoms with Gasteiger partial charge in [0.25, 0.3) is 0 Å². The van der Waals surface area contributed by atoms with Crippen LogP contribution in [0.5, 0.6) is 0 Å². The molecule has 132 valence electrons. The summed E-state index contributed by atoms with van der Waals surface area (Å²) in [5, 5.41) is 0.693. The Balaban J connectivity index is 1.60. The number of nitrogens with one attached hydrogen (secondary N) is 1. The molecule has 2 aromatic heterocycles. The van der Waals surface area contributed by atoms with Crippen LogP contribution in [0.15, 0.2) is 48.9 Å². The number of halogens is 1. The maximum absolute atomic E-state index is 6.15. The highest BCUT2D eigenvalue weighted by Crippen LogP contribution is 2.57.